The lowest BCUT2D eigenvalue weighted by Gasteiger charge is -2.27. The van der Waals surface area contributed by atoms with Crippen LogP contribution in [-0.4, -0.2) is 30.4 Å². The van der Waals surface area contributed by atoms with E-state index in [1.54, 1.807) is 31.2 Å². The summed E-state index contributed by atoms with van der Waals surface area (Å²) in [5.41, 5.74) is 1.44. The van der Waals surface area contributed by atoms with Crippen molar-refractivity contribution >= 4 is 29.4 Å². The Labute approximate surface area is 135 Å². The number of benzene rings is 1. The first-order chi connectivity index (χ1) is 11.1. The van der Waals surface area contributed by atoms with Crippen LogP contribution < -0.4 is 0 Å². The predicted molar refractivity (Wildman–Crippen MR) is 87.1 cm³/mol. The van der Waals surface area contributed by atoms with Gasteiger partial charge < -0.3 is 9.53 Å². The maximum atomic E-state index is 12.8. The number of aliphatic imine (C=N–C) groups is 1. The summed E-state index contributed by atoms with van der Waals surface area (Å²) in [7, 11) is 0. The number of Topliss-reactive ketones (excluding diaryl/α,β-unsaturated/α-hetero) is 1. The van der Waals surface area contributed by atoms with E-state index in [1.807, 2.05) is 6.92 Å². The van der Waals surface area contributed by atoms with E-state index >= 15 is 0 Å². The fourth-order valence-corrected chi connectivity index (χ4v) is 2.90. The minimum absolute atomic E-state index is 0.198. The fourth-order valence-electron chi connectivity index (χ4n) is 2.90. The number of rotatable bonds is 7. The SMILES string of the molecule is CCCC(CC=O)C1=Nc2ccccc2C(=O)C1C(=O)OCC. The van der Waals surface area contributed by atoms with Gasteiger partial charge in [-0.25, -0.2) is 0 Å². The van der Waals surface area contributed by atoms with Gasteiger partial charge in [0.15, 0.2) is 11.7 Å². The molecule has 0 fully saturated rings. The molecule has 0 spiro atoms. The number of para-hydroxylation sites is 1. The molecule has 5 heteroatoms. The van der Waals surface area contributed by atoms with Crippen molar-refractivity contribution in [2.45, 2.75) is 33.1 Å². The van der Waals surface area contributed by atoms with Crippen LogP contribution in [0.3, 0.4) is 0 Å². The highest BCUT2D eigenvalue weighted by Crippen LogP contribution is 2.33. The van der Waals surface area contributed by atoms with Gasteiger partial charge in [0.25, 0.3) is 0 Å². The molecular formula is C18H21NO4. The molecule has 0 aromatic heterocycles. The number of ketones is 1. The van der Waals surface area contributed by atoms with Gasteiger partial charge in [-0.15, -0.1) is 0 Å². The standard InChI is InChI=1S/C18H21NO4/c1-3-7-12(10-11-20)16-15(18(22)23-4-2)17(21)13-8-5-6-9-14(13)19-16/h5-6,8-9,11-12,15H,3-4,7,10H2,1-2H3. The average Bonchev–Trinajstić information content (AvgIpc) is 2.54. The molecule has 0 saturated carbocycles. The van der Waals surface area contributed by atoms with E-state index in [-0.39, 0.29) is 24.7 Å². The molecule has 0 amide bonds. The molecule has 1 aromatic rings. The summed E-state index contributed by atoms with van der Waals surface area (Å²) in [5, 5.41) is 0. The Bertz CT molecular complexity index is 636. The zero-order chi connectivity index (χ0) is 16.8. The highest BCUT2D eigenvalue weighted by Gasteiger charge is 2.40. The van der Waals surface area contributed by atoms with Gasteiger partial charge in [0.05, 0.1) is 12.3 Å². The molecule has 0 N–H and O–H groups in total. The number of hydrogen-bond acceptors (Lipinski definition) is 5. The van der Waals surface area contributed by atoms with Gasteiger partial charge in [0, 0.05) is 23.6 Å². The van der Waals surface area contributed by atoms with Crippen molar-refractivity contribution in [1.82, 2.24) is 0 Å². The average molecular weight is 315 g/mol. The third kappa shape index (κ3) is 3.55. The van der Waals surface area contributed by atoms with E-state index in [0.717, 1.165) is 12.7 Å². The van der Waals surface area contributed by atoms with Crippen molar-refractivity contribution < 1.29 is 19.1 Å². The molecule has 1 heterocycles. The van der Waals surface area contributed by atoms with Gasteiger partial charge >= 0.3 is 5.97 Å². The van der Waals surface area contributed by atoms with E-state index in [4.69, 9.17) is 4.74 Å². The Balaban J connectivity index is 2.51. The zero-order valence-corrected chi connectivity index (χ0v) is 13.5. The Morgan fingerprint density at radius 1 is 1.35 bits per heavy atom. The van der Waals surface area contributed by atoms with Gasteiger partial charge in [-0.1, -0.05) is 25.5 Å². The number of hydrogen-bond donors (Lipinski definition) is 0. The first-order valence-corrected chi connectivity index (χ1v) is 7.95. The van der Waals surface area contributed by atoms with Crippen LogP contribution in [0, 0.1) is 11.8 Å². The summed E-state index contributed by atoms with van der Waals surface area (Å²) < 4.78 is 5.07. The quantitative estimate of drug-likeness (QED) is 0.440. The summed E-state index contributed by atoms with van der Waals surface area (Å²) in [5.74, 6) is -2.14. The van der Waals surface area contributed by atoms with Crippen LogP contribution in [0.15, 0.2) is 29.3 Å². The number of nitrogens with zero attached hydrogens (tertiary/aromatic N) is 1. The Morgan fingerprint density at radius 3 is 2.74 bits per heavy atom. The highest BCUT2D eigenvalue weighted by atomic mass is 16.5. The van der Waals surface area contributed by atoms with Crippen molar-refractivity contribution in [3.63, 3.8) is 0 Å². The van der Waals surface area contributed by atoms with Gasteiger partial charge in [-0.05, 0) is 25.5 Å². The van der Waals surface area contributed by atoms with Crippen LogP contribution in [0.25, 0.3) is 0 Å². The summed E-state index contributed by atoms with van der Waals surface area (Å²) in [6, 6.07) is 6.96. The molecule has 1 aromatic carbocycles. The second kappa shape index (κ2) is 7.81. The van der Waals surface area contributed by atoms with Gasteiger partial charge in [0.1, 0.15) is 6.29 Å². The lowest BCUT2D eigenvalue weighted by molar-refractivity contribution is -0.144. The minimum atomic E-state index is -1.04. The largest absolute Gasteiger partial charge is 0.465 e. The van der Waals surface area contributed by atoms with Crippen LogP contribution in [0.1, 0.15) is 43.5 Å². The van der Waals surface area contributed by atoms with Crippen LogP contribution in [0.4, 0.5) is 5.69 Å². The van der Waals surface area contributed by atoms with E-state index in [1.165, 1.54) is 0 Å². The molecule has 2 rings (SSSR count). The maximum absolute atomic E-state index is 12.8. The summed E-state index contributed by atoms with van der Waals surface area (Å²) in [6.07, 6.45) is 2.60. The Morgan fingerprint density at radius 2 is 2.09 bits per heavy atom. The minimum Gasteiger partial charge on any atom is -0.465 e. The van der Waals surface area contributed by atoms with Crippen LogP contribution in [-0.2, 0) is 14.3 Å². The lowest BCUT2D eigenvalue weighted by Crippen LogP contribution is -2.39. The molecule has 0 aliphatic carbocycles. The number of esters is 1. The molecule has 1 aliphatic heterocycles. The van der Waals surface area contributed by atoms with E-state index < -0.39 is 11.9 Å². The first kappa shape index (κ1) is 17.1. The normalized spacial score (nSPS) is 17.9. The first-order valence-electron chi connectivity index (χ1n) is 7.95. The van der Waals surface area contributed by atoms with Crippen LogP contribution in [0.2, 0.25) is 0 Å². The molecule has 2 atom stereocenters. The number of aldehydes is 1. The van der Waals surface area contributed by atoms with Crippen LogP contribution >= 0.6 is 0 Å². The number of ether oxygens (including phenoxy) is 1. The number of carbonyl (C=O) groups is 3. The third-order valence-corrected chi connectivity index (χ3v) is 3.94. The molecule has 122 valence electrons. The van der Waals surface area contributed by atoms with Gasteiger partial charge in [-0.3, -0.25) is 14.6 Å². The molecule has 23 heavy (non-hydrogen) atoms. The lowest BCUT2D eigenvalue weighted by atomic mass is 9.80. The molecule has 0 bridgehead atoms. The second-order valence-corrected chi connectivity index (χ2v) is 5.49. The smallest absolute Gasteiger partial charge is 0.322 e. The molecule has 0 radical (unpaired) electrons. The summed E-state index contributed by atoms with van der Waals surface area (Å²) in [4.78, 5) is 40.7. The fraction of sp³-hybridized carbons (Fsp3) is 0.444. The molecule has 5 nitrogen and oxygen atoms in total. The van der Waals surface area contributed by atoms with Gasteiger partial charge in [-0.2, -0.15) is 0 Å². The van der Waals surface area contributed by atoms with E-state index in [0.29, 0.717) is 23.4 Å². The maximum Gasteiger partial charge on any atom is 0.322 e. The van der Waals surface area contributed by atoms with Crippen molar-refractivity contribution in [2.24, 2.45) is 16.8 Å². The van der Waals surface area contributed by atoms with E-state index in [2.05, 4.69) is 4.99 Å². The van der Waals surface area contributed by atoms with Crippen molar-refractivity contribution in [3.05, 3.63) is 29.8 Å². The topological polar surface area (TPSA) is 72.8 Å². The zero-order valence-electron chi connectivity index (χ0n) is 13.5. The molecule has 0 saturated heterocycles. The predicted octanol–water partition coefficient (Wildman–Crippen LogP) is 3.14. The van der Waals surface area contributed by atoms with Crippen LogP contribution in [0.5, 0.6) is 0 Å². The Hall–Kier alpha value is -2.30. The van der Waals surface area contributed by atoms with Crippen molar-refractivity contribution in [2.75, 3.05) is 6.61 Å². The molecule has 2 unspecified atom stereocenters. The monoisotopic (exact) mass is 315 g/mol. The highest BCUT2D eigenvalue weighted by molar-refractivity contribution is 6.28. The molecular weight excluding hydrogens is 294 g/mol. The summed E-state index contributed by atoms with van der Waals surface area (Å²) in [6.45, 7) is 3.89. The molecule has 1 aliphatic rings. The number of fused-ring (bicyclic) bond motifs is 1. The third-order valence-electron chi connectivity index (χ3n) is 3.94. The van der Waals surface area contributed by atoms with Crippen molar-refractivity contribution in [3.8, 4) is 0 Å². The second-order valence-electron chi connectivity index (χ2n) is 5.49. The van der Waals surface area contributed by atoms with Gasteiger partial charge in [0.2, 0.25) is 0 Å². The summed E-state index contributed by atoms with van der Waals surface area (Å²) >= 11 is 0. The van der Waals surface area contributed by atoms with Crippen molar-refractivity contribution in [1.29, 1.82) is 0 Å². The Kier molecular flexibility index (Phi) is 5.79. The van der Waals surface area contributed by atoms with E-state index in [9.17, 15) is 14.4 Å². The number of carbonyl (C=O) groups excluding carboxylic acids is 3.